The molecule has 10 rings (SSSR count). The van der Waals surface area contributed by atoms with Crippen LogP contribution in [0.15, 0.2) is 12.2 Å². The van der Waals surface area contributed by atoms with Crippen molar-refractivity contribution in [1.82, 2.24) is 5.32 Å². The summed E-state index contributed by atoms with van der Waals surface area (Å²) in [6.45, 7) is 12.4. The van der Waals surface area contributed by atoms with E-state index in [1.165, 1.54) is 0 Å². The van der Waals surface area contributed by atoms with Crippen molar-refractivity contribution in [2.45, 2.75) is 208 Å². The average molecular weight is 852 g/mol. The molecular weight excluding hydrogens is 779 g/mol. The Kier molecular flexibility index (Phi) is 12.4. The number of aliphatic hydroxyl groups excluding tert-OH is 1. The van der Waals surface area contributed by atoms with Gasteiger partial charge in [0.2, 0.25) is 0 Å². The number of carbonyl (C=O) groups is 1. The summed E-state index contributed by atoms with van der Waals surface area (Å²) in [6.07, 6.45) is 8.84. The number of thiol groups is 1. The lowest BCUT2D eigenvalue weighted by atomic mass is 9.79. The number of nitrogens with one attached hydrogen (secondary N) is 1. The summed E-state index contributed by atoms with van der Waals surface area (Å²) in [7, 11) is -0.483. The van der Waals surface area contributed by atoms with Crippen molar-refractivity contribution in [3.05, 3.63) is 12.2 Å². The molecular formula is C45H73NO12S. The molecule has 1 spiro atoms. The van der Waals surface area contributed by atoms with E-state index in [4.69, 9.17) is 42.6 Å². The zero-order valence-electron chi connectivity index (χ0n) is 36.3. The maximum absolute atomic E-state index is 14.3. The van der Waals surface area contributed by atoms with Crippen molar-refractivity contribution >= 4 is 15.7 Å². The number of hydrogen-bond donors (Lipinski definition) is 3. The summed E-state index contributed by atoms with van der Waals surface area (Å²) < 4.78 is 73.2. The number of carbonyl (C=O) groups excluding carboxylic acids is 1. The second-order valence-corrected chi connectivity index (χ2v) is 24.6. The van der Waals surface area contributed by atoms with E-state index in [-0.39, 0.29) is 115 Å². The average Bonchev–Trinajstić information content (AvgIpc) is 3.82. The normalized spacial score (nSPS) is 49.0. The highest BCUT2D eigenvalue weighted by Gasteiger charge is 2.69. The summed E-state index contributed by atoms with van der Waals surface area (Å²) in [5.41, 5.74) is 1.09. The Labute approximate surface area is 352 Å². The quantitative estimate of drug-likeness (QED) is 0.185. The third-order valence-corrected chi connectivity index (χ3v) is 16.9. The molecule has 10 aliphatic rings. The van der Waals surface area contributed by atoms with Crippen LogP contribution in [0.2, 0.25) is 0 Å². The molecule has 0 aromatic rings. The number of rotatable bonds is 8. The topological polar surface area (TPSA) is 149 Å². The first-order valence-corrected chi connectivity index (χ1v) is 25.8. The van der Waals surface area contributed by atoms with Crippen LogP contribution in [-0.4, -0.2) is 157 Å². The van der Waals surface area contributed by atoms with E-state index < -0.39 is 34.0 Å². The number of hydrogen-bond acceptors (Lipinski definition) is 13. The van der Waals surface area contributed by atoms with Crippen LogP contribution in [-0.2, 0) is 57.4 Å². The van der Waals surface area contributed by atoms with E-state index in [0.29, 0.717) is 44.5 Å². The summed E-state index contributed by atoms with van der Waals surface area (Å²) in [5.74, 6) is -0.0701. The molecule has 59 heavy (non-hydrogen) atoms. The molecule has 0 aromatic carbocycles. The molecule has 10 heterocycles. The Bertz CT molecular complexity index is 1590. The second kappa shape index (κ2) is 16.9. The third kappa shape index (κ3) is 8.97. The van der Waals surface area contributed by atoms with Gasteiger partial charge < -0.3 is 53.1 Å². The fourth-order valence-electron chi connectivity index (χ4n) is 12.5. The summed E-state index contributed by atoms with van der Waals surface area (Å²) >= 11 is 0. The van der Waals surface area contributed by atoms with Crippen LogP contribution in [0.3, 0.4) is 0 Å². The zero-order chi connectivity index (χ0) is 41.4. The van der Waals surface area contributed by atoms with Crippen molar-refractivity contribution < 1.29 is 56.7 Å². The van der Waals surface area contributed by atoms with Crippen LogP contribution < -0.4 is 5.32 Å². The van der Waals surface area contributed by atoms with Crippen LogP contribution in [0, 0.1) is 17.3 Å². The molecule has 2 N–H and O–H groups in total. The highest BCUT2D eigenvalue weighted by molar-refractivity contribution is 8.01. The van der Waals surface area contributed by atoms with Gasteiger partial charge in [0.25, 0.3) is 0 Å². The fraction of sp³-hybridized carbons (Fsp3) is 0.933. The van der Waals surface area contributed by atoms with Crippen molar-refractivity contribution in [3.8, 4) is 0 Å². The monoisotopic (exact) mass is 851 g/mol. The molecule has 10 saturated heterocycles. The lowest BCUT2D eigenvalue weighted by Crippen LogP contribution is -2.61. The van der Waals surface area contributed by atoms with E-state index in [9.17, 15) is 14.1 Å². The molecule has 0 radical (unpaired) electrons. The molecule has 0 unspecified atom stereocenters. The third-order valence-electron chi connectivity index (χ3n) is 15.6. The minimum Gasteiger partial charge on any atom is -0.392 e. The summed E-state index contributed by atoms with van der Waals surface area (Å²) in [4.78, 5) is 14.3. The molecule has 336 valence electrons. The fourth-order valence-corrected chi connectivity index (χ4v) is 13.1. The largest absolute Gasteiger partial charge is 0.392 e. The van der Waals surface area contributed by atoms with Crippen molar-refractivity contribution in [2.75, 3.05) is 38.5 Å². The number of fused-ring (bicyclic) bond motifs is 6. The number of ketones is 1. The van der Waals surface area contributed by atoms with Gasteiger partial charge in [-0.1, -0.05) is 27.4 Å². The van der Waals surface area contributed by atoms with Crippen LogP contribution >= 0.6 is 0 Å². The Morgan fingerprint density at radius 2 is 1.61 bits per heavy atom. The van der Waals surface area contributed by atoms with Gasteiger partial charge in [0, 0.05) is 70.4 Å². The maximum Gasteiger partial charge on any atom is 0.172 e. The van der Waals surface area contributed by atoms with E-state index in [1.54, 1.807) is 19.6 Å². The van der Waals surface area contributed by atoms with E-state index in [0.717, 1.165) is 50.5 Å². The second-order valence-electron chi connectivity index (χ2n) is 21.0. The number of methoxy groups -OCH3 is 1. The molecule has 14 heteroatoms. The SMILES string of the molecule is C=C1[C@H](C)C[C@@H]2CC[C@@H]3O[C@@H](CC[C@@]45C[C@H]6O[C@@H]7[C@@H](O4)[C@H]4O[C@H](CC[C@@H]4O[C@H]7[C@H]6O5)CC(=O)C[C@@H]4[C@@H](OC)[C@@H](C[C@H](O)CNCC[SH](C)(C)=O)O[C@H]4C[C@H]1O2)CC3(C)C. The lowest BCUT2D eigenvalue weighted by molar-refractivity contribution is -0.292. The van der Waals surface area contributed by atoms with Crippen molar-refractivity contribution in [2.24, 2.45) is 17.3 Å². The highest BCUT2D eigenvalue weighted by Crippen LogP contribution is 2.55. The predicted molar refractivity (Wildman–Crippen MR) is 221 cm³/mol. The standard InChI is InChI=1S/C45H73NO12S/c1-24-16-28-9-11-37-44(3,4)21-30(52-37)12-13-45-22-36-40(57-45)41-42(56-36)43(58-45)39-32(55-41)10-8-29(53-39)17-26(47)18-31-34(20-33(51-28)25(24)2)54-35(38(31)50-5)19-27(48)23-46-14-15-59(6,7)49/h24,27-43,46,48,59H,2,8-23H2,1,3-7H3/t24-,27+,28+,29-,30+,31+,32+,33-,34+,35-,36-,37+,38-,39+,40+,41+,42+,43+,45+/m1/s1. The molecule has 0 aliphatic carbocycles. The Morgan fingerprint density at radius 1 is 0.847 bits per heavy atom. The Hall–Kier alpha value is -0.880. The van der Waals surface area contributed by atoms with Crippen LogP contribution in [0.4, 0.5) is 0 Å². The molecule has 19 atom stereocenters. The molecule has 12 bridgehead atoms. The highest BCUT2D eigenvalue weighted by atomic mass is 32.2. The van der Waals surface area contributed by atoms with E-state index in [1.807, 2.05) is 0 Å². The summed E-state index contributed by atoms with van der Waals surface area (Å²) in [6, 6.07) is 0. The van der Waals surface area contributed by atoms with Gasteiger partial charge >= 0.3 is 0 Å². The molecule has 0 saturated carbocycles. The molecule has 13 nitrogen and oxygen atoms in total. The van der Waals surface area contributed by atoms with E-state index >= 15 is 0 Å². The first kappa shape index (κ1) is 43.4. The van der Waals surface area contributed by atoms with Gasteiger partial charge in [-0.2, -0.15) is 0 Å². The van der Waals surface area contributed by atoms with Gasteiger partial charge in [-0.3, -0.25) is 9.00 Å². The number of ether oxygens (including phenoxy) is 9. The van der Waals surface area contributed by atoms with Crippen LogP contribution in [0.5, 0.6) is 0 Å². The predicted octanol–water partition coefficient (Wildman–Crippen LogP) is 3.82. The minimum absolute atomic E-state index is 0.0211. The first-order valence-electron chi connectivity index (χ1n) is 23.0. The molecule has 0 aromatic heterocycles. The van der Waals surface area contributed by atoms with Crippen molar-refractivity contribution in [3.63, 3.8) is 0 Å². The zero-order valence-corrected chi connectivity index (χ0v) is 37.2. The number of aliphatic hydroxyl groups is 1. The maximum atomic E-state index is 14.3. The van der Waals surface area contributed by atoms with Gasteiger partial charge in [0.05, 0.1) is 67.1 Å². The van der Waals surface area contributed by atoms with Crippen LogP contribution in [0.1, 0.15) is 104 Å². The van der Waals surface area contributed by atoms with Gasteiger partial charge in [-0.25, -0.2) is 0 Å². The van der Waals surface area contributed by atoms with Gasteiger partial charge in [-0.05, 0) is 74.4 Å². The lowest BCUT2D eigenvalue weighted by Gasteiger charge is -2.47. The Morgan fingerprint density at radius 3 is 2.41 bits per heavy atom. The number of Topliss-reactive ketones (excluding diaryl/α,β-unsaturated/α-hetero) is 1. The Balaban J connectivity index is 0.962. The molecule has 10 aliphatic heterocycles. The van der Waals surface area contributed by atoms with Gasteiger partial charge in [0.15, 0.2) is 5.79 Å². The first-order chi connectivity index (χ1) is 28.1. The van der Waals surface area contributed by atoms with Gasteiger partial charge in [-0.15, -0.1) is 9.93 Å². The van der Waals surface area contributed by atoms with Crippen LogP contribution in [0.25, 0.3) is 0 Å². The molecule has 0 amide bonds. The van der Waals surface area contributed by atoms with Crippen molar-refractivity contribution in [1.29, 1.82) is 0 Å². The minimum atomic E-state index is -2.16. The smallest absolute Gasteiger partial charge is 0.172 e. The van der Waals surface area contributed by atoms with E-state index in [2.05, 4.69) is 32.7 Å². The molecule has 10 fully saturated rings. The summed E-state index contributed by atoms with van der Waals surface area (Å²) in [5, 5.41) is 14.4. The van der Waals surface area contributed by atoms with Gasteiger partial charge in [0.1, 0.15) is 36.3 Å².